The van der Waals surface area contributed by atoms with Crippen molar-refractivity contribution < 1.29 is 23.8 Å². The summed E-state index contributed by atoms with van der Waals surface area (Å²) in [5, 5.41) is 0. The van der Waals surface area contributed by atoms with E-state index in [-0.39, 0.29) is 46.7 Å². The zero-order valence-electron chi connectivity index (χ0n) is 19.0. The topological polar surface area (TPSA) is 65.1 Å². The number of epoxide rings is 1. The van der Waals surface area contributed by atoms with Crippen LogP contribution in [-0.2, 0) is 23.8 Å². The van der Waals surface area contributed by atoms with E-state index in [9.17, 15) is 9.59 Å². The second-order valence-electron chi connectivity index (χ2n) is 11.1. The highest BCUT2D eigenvalue weighted by molar-refractivity contribution is 5.66. The molecule has 0 unspecified atom stereocenters. The molecule has 4 aliphatic carbocycles. The van der Waals surface area contributed by atoms with Crippen LogP contribution in [0.1, 0.15) is 79.6 Å². The lowest BCUT2D eigenvalue weighted by molar-refractivity contribution is -0.159. The van der Waals surface area contributed by atoms with Gasteiger partial charge >= 0.3 is 11.9 Å². The van der Waals surface area contributed by atoms with Crippen molar-refractivity contribution in [3.63, 3.8) is 0 Å². The molecule has 9 atom stereocenters. The standard InChI is InChI=1S/C25H36O5/c1-14(28-15(2)26)25-22(30-25)13-21-19-7-6-17-12-18(29-16(3)27)8-10-23(17,4)20(19)9-11-24(21,25)5/h6,14,18-22H,7-13H2,1-5H3/t14-,18-,19-,20+,21-,22+,23-,24-,25+/m0/s1. The first-order valence-corrected chi connectivity index (χ1v) is 11.8. The molecule has 30 heavy (non-hydrogen) atoms. The Hall–Kier alpha value is -1.36. The van der Waals surface area contributed by atoms with E-state index >= 15 is 0 Å². The van der Waals surface area contributed by atoms with Crippen LogP contribution in [-0.4, -0.2) is 35.9 Å². The summed E-state index contributed by atoms with van der Waals surface area (Å²) in [7, 11) is 0. The highest BCUT2D eigenvalue weighted by Gasteiger charge is 2.79. The Bertz CT molecular complexity index is 803. The fourth-order valence-corrected chi connectivity index (χ4v) is 8.52. The van der Waals surface area contributed by atoms with Crippen molar-refractivity contribution in [3.8, 4) is 0 Å². The second-order valence-corrected chi connectivity index (χ2v) is 11.1. The van der Waals surface area contributed by atoms with Crippen LogP contribution in [0.15, 0.2) is 11.6 Å². The number of fused-ring (bicyclic) bond motifs is 7. The van der Waals surface area contributed by atoms with E-state index in [4.69, 9.17) is 14.2 Å². The minimum Gasteiger partial charge on any atom is -0.462 e. The molecule has 0 bridgehead atoms. The Labute approximate surface area is 179 Å². The molecule has 3 saturated carbocycles. The Kier molecular flexibility index (Phi) is 4.50. The molecule has 1 saturated heterocycles. The normalized spacial score (nSPS) is 49.5. The van der Waals surface area contributed by atoms with Crippen LogP contribution in [0.4, 0.5) is 0 Å². The smallest absolute Gasteiger partial charge is 0.302 e. The van der Waals surface area contributed by atoms with E-state index < -0.39 is 0 Å². The molecule has 1 heterocycles. The summed E-state index contributed by atoms with van der Waals surface area (Å²) >= 11 is 0. The van der Waals surface area contributed by atoms with Crippen molar-refractivity contribution in [2.24, 2.45) is 28.6 Å². The summed E-state index contributed by atoms with van der Waals surface area (Å²) in [4.78, 5) is 23.1. The number of ether oxygens (including phenoxy) is 3. The Balaban J connectivity index is 1.40. The van der Waals surface area contributed by atoms with Crippen LogP contribution in [0.3, 0.4) is 0 Å². The van der Waals surface area contributed by atoms with Crippen molar-refractivity contribution in [1.29, 1.82) is 0 Å². The fraction of sp³-hybridized carbons (Fsp3) is 0.840. The maximum absolute atomic E-state index is 11.6. The minimum atomic E-state index is -0.286. The van der Waals surface area contributed by atoms with E-state index in [0.29, 0.717) is 17.8 Å². The van der Waals surface area contributed by atoms with Crippen molar-refractivity contribution in [1.82, 2.24) is 0 Å². The Morgan fingerprint density at radius 3 is 2.60 bits per heavy atom. The lowest BCUT2D eigenvalue weighted by atomic mass is 9.47. The van der Waals surface area contributed by atoms with Crippen LogP contribution in [0.2, 0.25) is 0 Å². The van der Waals surface area contributed by atoms with Crippen molar-refractivity contribution >= 4 is 11.9 Å². The first kappa shape index (κ1) is 20.5. The van der Waals surface area contributed by atoms with Gasteiger partial charge < -0.3 is 14.2 Å². The highest BCUT2D eigenvalue weighted by atomic mass is 16.7. The molecule has 5 aliphatic rings. The number of hydrogen-bond acceptors (Lipinski definition) is 5. The average molecular weight is 417 g/mol. The molecular weight excluding hydrogens is 380 g/mol. The summed E-state index contributed by atoms with van der Waals surface area (Å²) in [6.45, 7) is 9.90. The second kappa shape index (κ2) is 6.57. The summed E-state index contributed by atoms with van der Waals surface area (Å²) in [5.41, 5.74) is 1.53. The Morgan fingerprint density at radius 1 is 1.13 bits per heavy atom. The third-order valence-electron chi connectivity index (χ3n) is 9.85. The van der Waals surface area contributed by atoms with E-state index in [1.54, 1.807) is 0 Å². The number of esters is 2. The number of hydrogen-bond donors (Lipinski definition) is 0. The first-order valence-electron chi connectivity index (χ1n) is 11.8. The van der Waals surface area contributed by atoms with Gasteiger partial charge in [0.15, 0.2) is 0 Å². The zero-order valence-corrected chi connectivity index (χ0v) is 19.0. The minimum absolute atomic E-state index is 0.0487. The maximum Gasteiger partial charge on any atom is 0.302 e. The van der Waals surface area contributed by atoms with Crippen LogP contribution < -0.4 is 0 Å². The fourth-order valence-electron chi connectivity index (χ4n) is 8.52. The molecule has 0 N–H and O–H groups in total. The first-order chi connectivity index (χ1) is 14.1. The number of carbonyl (C=O) groups is 2. The summed E-state index contributed by atoms with van der Waals surface area (Å²) in [6.07, 6.45) is 10.1. The molecular formula is C25H36O5. The monoisotopic (exact) mass is 416 g/mol. The van der Waals surface area contributed by atoms with Gasteiger partial charge in [-0.25, -0.2) is 0 Å². The summed E-state index contributed by atoms with van der Waals surface area (Å²) in [5.74, 6) is 1.60. The lowest BCUT2D eigenvalue weighted by Gasteiger charge is -2.58. The van der Waals surface area contributed by atoms with Gasteiger partial charge in [-0.2, -0.15) is 0 Å². The molecule has 0 aromatic rings. The lowest BCUT2D eigenvalue weighted by Crippen LogP contribution is -2.55. The largest absolute Gasteiger partial charge is 0.462 e. The molecule has 166 valence electrons. The summed E-state index contributed by atoms with van der Waals surface area (Å²) < 4.78 is 17.5. The number of allylic oxidation sites excluding steroid dienone is 1. The van der Waals surface area contributed by atoms with Gasteiger partial charge in [0.2, 0.25) is 0 Å². The van der Waals surface area contributed by atoms with Crippen molar-refractivity contribution in [3.05, 3.63) is 11.6 Å². The van der Waals surface area contributed by atoms with Gasteiger partial charge in [-0.05, 0) is 68.6 Å². The van der Waals surface area contributed by atoms with Gasteiger partial charge in [0.05, 0.1) is 6.10 Å². The maximum atomic E-state index is 11.6. The van der Waals surface area contributed by atoms with E-state index in [1.807, 2.05) is 6.92 Å². The predicted molar refractivity (Wildman–Crippen MR) is 111 cm³/mol. The number of rotatable bonds is 3. The molecule has 1 aliphatic heterocycles. The molecule has 0 aromatic carbocycles. The summed E-state index contributed by atoms with van der Waals surface area (Å²) in [6, 6.07) is 0. The van der Waals surface area contributed by atoms with Crippen LogP contribution in [0.25, 0.3) is 0 Å². The van der Waals surface area contributed by atoms with E-state index in [2.05, 4.69) is 19.9 Å². The van der Waals surface area contributed by atoms with E-state index in [0.717, 1.165) is 38.5 Å². The number of carbonyl (C=O) groups excluding carboxylic acids is 2. The SMILES string of the molecule is CC(=O)O[C@H]1CC[C@@]2(C)C(=CC[C@H]3[C@H]2CC[C@@]2(C)[C@H]3C[C@H]3O[C@]32[C@H](C)OC(C)=O)C1. The van der Waals surface area contributed by atoms with Gasteiger partial charge in [0.1, 0.15) is 17.8 Å². The third-order valence-corrected chi connectivity index (χ3v) is 9.85. The predicted octanol–water partition coefficient (Wildman–Crippen LogP) is 4.58. The molecule has 0 aromatic heterocycles. The van der Waals surface area contributed by atoms with Crippen molar-refractivity contribution in [2.45, 2.75) is 103 Å². The van der Waals surface area contributed by atoms with Gasteiger partial charge in [-0.1, -0.05) is 25.5 Å². The molecule has 5 heteroatoms. The quantitative estimate of drug-likeness (QED) is 0.383. The average Bonchev–Trinajstić information content (AvgIpc) is 3.33. The van der Waals surface area contributed by atoms with Crippen LogP contribution in [0.5, 0.6) is 0 Å². The third kappa shape index (κ3) is 2.63. The highest BCUT2D eigenvalue weighted by Crippen LogP contribution is 2.74. The molecule has 0 amide bonds. The Morgan fingerprint density at radius 2 is 1.90 bits per heavy atom. The zero-order chi connectivity index (χ0) is 21.5. The van der Waals surface area contributed by atoms with Gasteiger partial charge in [0.25, 0.3) is 0 Å². The molecule has 0 spiro atoms. The molecule has 5 nitrogen and oxygen atoms in total. The van der Waals surface area contributed by atoms with Gasteiger partial charge in [-0.15, -0.1) is 0 Å². The van der Waals surface area contributed by atoms with Gasteiger partial charge in [-0.3, -0.25) is 9.59 Å². The molecule has 0 radical (unpaired) electrons. The van der Waals surface area contributed by atoms with Crippen LogP contribution >= 0.6 is 0 Å². The van der Waals surface area contributed by atoms with Crippen molar-refractivity contribution in [2.75, 3.05) is 0 Å². The van der Waals surface area contributed by atoms with Crippen LogP contribution in [0, 0.1) is 28.6 Å². The molecule has 4 fully saturated rings. The molecule has 5 rings (SSSR count). The van der Waals surface area contributed by atoms with Gasteiger partial charge in [0, 0.05) is 25.7 Å². The van der Waals surface area contributed by atoms with E-state index in [1.165, 1.54) is 25.8 Å².